The molecule has 8 heteroatoms. The van der Waals surface area contributed by atoms with Gasteiger partial charge in [0.05, 0.1) is 11.4 Å². The van der Waals surface area contributed by atoms with Crippen LogP contribution in [0.3, 0.4) is 0 Å². The van der Waals surface area contributed by atoms with Crippen LogP contribution in [0.15, 0.2) is 84.9 Å². The first-order valence-corrected chi connectivity index (χ1v) is 12.4. The summed E-state index contributed by atoms with van der Waals surface area (Å²) < 4.78 is 6.87. The van der Waals surface area contributed by atoms with E-state index in [9.17, 15) is 14.7 Å². The lowest BCUT2D eigenvalue weighted by Gasteiger charge is -2.19. The fourth-order valence-corrected chi connectivity index (χ4v) is 3.95. The largest absolute Gasteiger partial charge is 0.444 e. The molecule has 3 aromatic carbocycles. The summed E-state index contributed by atoms with van der Waals surface area (Å²) in [5, 5.41) is 20.9. The van der Waals surface area contributed by atoms with E-state index >= 15 is 0 Å². The summed E-state index contributed by atoms with van der Waals surface area (Å²) >= 11 is 0. The molecule has 2 amide bonds. The summed E-state index contributed by atoms with van der Waals surface area (Å²) in [6.07, 6.45) is -1.31. The Kier molecular flexibility index (Phi) is 7.93. The van der Waals surface area contributed by atoms with Crippen LogP contribution in [-0.4, -0.2) is 32.5 Å². The summed E-state index contributed by atoms with van der Waals surface area (Å²) in [6.45, 7) is 7.50. The van der Waals surface area contributed by atoms with Crippen molar-refractivity contribution >= 4 is 17.7 Å². The minimum Gasteiger partial charge on any atom is -0.444 e. The lowest BCUT2D eigenvalue weighted by molar-refractivity contribution is 0.0523. The van der Waals surface area contributed by atoms with Crippen molar-refractivity contribution in [3.8, 4) is 5.69 Å². The molecule has 1 atom stereocenters. The predicted molar refractivity (Wildman–Crippen MR) is 146 cm³/mol. The quantitative estimate of drug-likeness (QED) is 0.302. The van der Waals surface area contributed by atoms with Gasteiger partial charge in [-0.1, -0.05) is 54.6 Å². The minimum absolute atomic E-state index is 0.265. The Labute approximate surface area is 222 Å². The number of carbonyl (C=O) groups is 2. The van der Waals surface area contributed by atoms with Crippen LogP contribution in [0.2, 0.25) is 0 Å². The van der Waals surface area contributed by atoms with E-state index in [-0.39, 0.29) is 12.5 Å². The third-order valence-corrected chi connectivity index (χ3v) is 5.63. The highest BCUT2D eigenvalue weighted by atomic mass is 16.6. The highest BCUT2D eigenvalue weighted by Gasteiger charge is 2.18. The van der Waals surface area contributed by atoms with Gasteiger partial charge in [0.1, 0.15) is 17.4 Å². The van der Waals surface area contributed by atoms with E-state index in [1.165, 1.54) is 0 Å². The standard InChI is InChI=1S/C30H32N4O4/c1-20-16-26(28(36)32-24-14-9-13-23(18-24)27(35)22-11-6-5-7-12-22)34(33-20)25-15-8-10-21(17-25)19-31-29(37)38-30(2,3)4/h5-18,27,35H,19H2,1-4H3,(H,31,37)(H,32,36). The van der Waals surface area contributed by atoms with Gasteiger partial charge >= 0.3 is 6.09 Å². The molecule has 1 unspecified atom stereocenters. The first-order valence-electron chi connectivity index (χ1n) is 12.4. The maximum atomic E-state index is 13.3. The van der Waals surface area contributed by atoms with Crippen LogP contribution in [0.5, 0.6) is 0 Å². The van der Waals surface area contributed by atoms with E-state index in [0.717, 1.165) is 11.1 Å². The molecule has 0 fully saturated rings. The van der Waals surface area contributed by atoms with Gasteiger partial charge in [-0.2, -0.15) is 5.10 Å². The molecule has 8 nitrogen and oxygen atoms in total. The van der Waals surface area contributed by atoms with Crippen LogP contribution in [0, 0.1) is 6.92 Å². The smallest absolute Gasteiger partial charge is 0.407 e. The van der Waals surface area contributed by atoms with Crippen LogP contribution < -0.4 is 10.6 Å². The average molecular weight is 513 g/mol. The molecule has 0 aliphatic heterocycles. The molecule has 0 aliphatic carbocycles. The van der Waals surface area contributed by atoms with Crippen molar-refractivity contribution < 1.29 is 19.4 Å². The topological polar surface area (TPSA) is 105 Å². The van der Waals surface area contributed by atoms with Crippen LogP contribution in [0.4, 0.5) is 10.5 Å². The van der Waals surface area contributed by atoms with Gasteiger partial charge in [-0.25, -0.2) is 9.48 Å². The van der Waals surface area contributed by atoms with E-state index in [1.54, 1.807) is 28.9 Å². The molecular weight excluding hydrogens is 480 g/mol. The number of carbonyl (C=O) groups excluding carboxylic acids is 2. The Morgan fingerprint density at radius 1 is 0.947 bits per heavy atom. The SMILES string of the molecule is Cc1cc(C(=O)Nc2cccc(C(O)c3ccccc3)c2)n(-c2cccc(CNC(=O)OC(C)(C)C)c2)n1. The third-order valence-electron chi connectivity index (χ3n) is 5.63. The number of benzene rings is 3. The molecule has 0 saturated carbocycles. The van der Waals surface area contributed by atoms with Crippen molar-refractivity contribution in [3.63, 3.8) is 0 Å². The van der Waals surface area contributed by atoms with Crippen molar-refractivity contribution in [1.82, 2.24) is 15.1 Å². The first-order chi connectivity index (χ1) is 18.1. The molecular formula is C30H32N4O4. The third kappa shape index (κ3) is 6.86. The Morgan fingerprint density at radius 2 is 1.66 bits per heavy atom. The zero-order valence-electron chi connectivity index (χ0n) is 21.9. The number of nitrogens with one attached hydrogen (secondary N) is 2. The van der Waals surface area contributed by atoms with Gasteiger partial charge in [-0.15, -0.1) is 0 Å². The molecule has 1 aromatic heterocycles. The van der Waals surface area contributed by atoms with Gasteiger partial charge in [0.15, 0.2) is 0 Å². The van der Waals surface area contributed by atoms with Gasteiger partial charge in [-0.05, 0) is 74.7 Å². The van der Waals surface area contributed by atoms with Crippen LogP contribution in [0.1, 0.15) is 59.7 Å². The lowest BCUT2D eigenvalue weighted by Crippen LogP contribution is -2.32. The van der Waals surface area contributed by atoms with Gasteiger partial charge < -0.3 is 20.5 Å². The number of hydrogen-bond donors (Lipinski definition) is 3. The number of aliphatic hydroxyl groups is 1. The van der Waals surface area contributed by atoms with E-state index in [0.29, 0.717) is 28.3 Å². The fourth-order valence-electron chi connectivity index (χ4n) is 3.95. The number of hydrogen-bond acceptors (Lipinski definition) is 5. The molecule has 0 radical (unpaired) electrons. The second-order valence-corrected chi connectivity index (χ2v) is 10.0. The second kappa shape index (κ2) is 11.3. The van der Waals surface area contributed by atoms with Crippen molar-refractivity contribution in [1.29, 1.82) is 0 Å². The molecule has 4 rings (SSSR count). The first kappa shape index (κ1) is 26.6. The minimum atomic E-state index is -0.808. The zero-order chi connectivity index (χ0) is 27.3. The Hall–Kier alpha value is -4.43. The zero-order valence-corrected chi connectivity index (χ0v) is 21.9. The van der Waals surface area contributed by atoms with Crippen molar-refractivity contribution in [2.45, 2.75) is 45.9 Å². The Bertz CT molecular complexity index is 1420. The van der Waals surface area contributed by atoms with Gasteiger partial charge in [0, 0.05) is 12.2 Å². The van der Waals surface area contributed by atoms with E-state index in [1.807, 2.05) is 88.4 Å². The fraction of sp³-hybridized carbons (Fsp3) is 0.233. The maximum absolute atomic E-state index is 13.3. The summed E-state index contributed by atoms with van der Waals surface area (Å²) in [5.74, 6) is -0.339. The Balaban J connectivity index is 1.51. The number of alkyl carbamates (subject to hydrolysis) is 1. The number of aryl methyl sites for hydroxylation is 1. The molecule has 196 valence electrons. The number of anilines is 1. The molecule has 4 aromatic rings. The maximum Gasteiger partial charge on any atom is 0.407 e. The van der Waals surface area contributed by atoms with Crippen LogP contribution in [-0.2, 0) is 11.3 Å². The summed E-state index contributed by atoms with van der Waals surface area (Å²) in [6, 6.07) is 25.6. The van der Waals surface area contributed by atoms with Gasteiger partial charge in [-0.3, -0.25) is 4.79 Å². The van der Waals surface area contributed by atoms with Gasteiger partial charge in [0.25, 0.3) is 5.91 Å². The van der Waals surface area contributed by atoms with Crippen LogP contribution >= 0.6 is 0 Å². The summed E-state index contributed by atoms with van der Waals surface area (Å²) in [7, 11) is 0. The van der Waals surface area contributed by atoms with Gasteiger partial charge in [0.2, 0.25) is 0 Å². The molecule has 1 heterocycles. The van der Waals surface area contributed by atoms with E-state index in [4.69, 9.17) is 4.74 Å². The molecule has 3 N–H and O–H groups in total. The van der Waals surface area contributed by atoms with E-state index in [2.05, 4.69) is 15.7 Å². The highest BCUT2D eigenvalue weighted by molar-refractivity contribution is 6.03. The number of rotatable bonds is 7. The number of amides is 2. The van der Waals surface area contributed by atoms with E-state index < -0.39 is 17.8 Å². The summed E-state index contributed by atoms with van der Waals surface area (Å²) in [4.78, 5) is 25.3. The number of ether oxygens (including phenoxy) is 1. The number of aromatic nitrogens is 2. The molecule has 0 aliphatic rings. The van der Waals surface area contributed by atoms with Crippen molar-refractivity contribution in [2.24, 2.45) is 0 Å². The number of nitrogens with zero attached hydrogens (tertiary/aromatic N) is 2. The van der Waals surface area contributed by atoms with Crippen molar-refractivity contribution in [2.75, 3.05) is 5.32 Å². The lowest BCUT2D eigenvalue weighted by atomic mass is 10.0. The molecule has 0 saturated heterocycles. The molecule has 0 bridgehead atoms. The van der Waals surface area contributed by atoms with Crippen molar-refractivity contribution in [3.05, 3.63) is 113 Å². The number of aliphatic hydroxyl groups excluding tert-OH is 1. The van der Waals surface area contributed by atoms with Crippen LogP contribution in [0.25, 0.3) is 5.69 Å². The normalized spacial score (nSPS) is 12.0. The highest BCUT2D eigenvalue weighted by Crippen LogP contribution is 2.24. The second-order valence-electron chi connectivity index (χ2n) is 10.0. The molecule has 38 heavy (non-hydrogen) atoms. The Morgan fingerprint density at radius 3 is 2.39 bits per heavy atom. The monoisotopic (exact) mass is 512 g/mol. The summed E-state index contributed by atoms with van der Waals surface area (Å²) in [5.41, 5.74) is 3.96. The predicted octanol–water partition coefficient (Wildman–Crippen LogP) is 5.54. The average Bonchev–Trinajstić information content (AvgIpc) is 3.29. The molecule has 0 spiro atoms.